The molecule has 3 nitrogen and oxygen atoms in total. The van der Waals surface area contributed by atoms with E-state index in [-0.39, 0.29) is 0 Å². The van der Waals surface area contributed by atoms with E-state index in [9.17, 15) is 0 Å². The molecule has 1 aromatic heterocycles. The standard InChI is InChI=1S/C14H26N2O/c1-11(2)12(3)15-7-8-16(5)10-14-6-9-17-13(14)4/h6,9,11-12,15H,7-8,10H2,1-5H3. The van der Waals surface area contributed by atoms with Crippen LogP contribution >= 0.6 is 0 Å². The van der Waals surface area contributed by atoms with Crippen molar-refractivity contribution in [3.8, 4) is 0 Å². The minimum atomic E-state index is 0.582. The number of aryl methyl sites for hydroxylation is 1. The van der Waals surface area contributed by atoms with Crippen LogP contribution in [0.25, 0.3) is 0 Å². The molecule has 0 aliphatic rings. The molecule has 0 radical (unpaired) electrons. The van der Waals surface area contributed by atoms with E-state index in [2.05, 4.69) is 44.1 Å². The Balaban J connectivity index is 2.22. The van der Waals surface area contributed by atoms with Gasteiger partial charge in [-0.2, -0.15) is 0 Å². The summed E-state index contributed by atoms with van der Waals surface area (Å²) in [6, 6.07) is 2.63. The van der Waals surface area contributed by atoms with Crippen LogP contribution in [-0.4, -0.2) is 31.1 Å². The molecule has 3 heteroatoms. The van der Waals surface area contributed by atoms with Crippen molar-refractivity contribution in [2.45, 2.75) is 40.3 Å². The lowest BCUT2D eigenvalue weighted by molar-refractivity contribution is 0.306. The average molecular weight is 238 g/mol. The number of hydrogen-bond donors (Lipinski definition) is 1. The van der Waals surface area contributed by atoms with Crippen LogP contribution in [0, 0.1) is 12.8 Å². The zero-order valence-electron chi connectivity index (χ0n) is 11.8. The topological polar surface area (TPSA) is 28.4 Å². The lowest BCUT2D eigenvalue weighted by Crippen LogP contribution is -2.36. The van der Waals surface area contributed by atoms with Crippen LogP contribution < -0.4 is 5.32 Å². The van der Waals surface area contributed by atoms with Crippen molar-refractivity contribution in [2.75, 3.05) is 20.1 Å². The van der Waals surface area contributed by atoms with Gasteiger partial charge in [0, 0.05) is 31.2 Å². The van der Waals surface area contributed by atoms with Gasteiger partial charge in [0.05, 0.1) is 6.26 Å². The molecule has 0 aliphatic heterocycles. The Bertz CT molecular complexity index is 320. The van der Waals surface area contributed by atoms with Crippen molar-refractivity contribution in [1.82, 2.24) is 10.2 Å². The summed E-state index contributed by atoms with van der Waals surface area (Å²) in [4.78, 5) is 2.32. The van der Waals surface area contributed by atoms with Crippen LogP contribution in [0.5, 0.6) is 0 Å². The van der Waals surface area contributed by atoms with E-state index < -0.39 is 0 Å². The molecule has 0 fully saturated rings. The lowest BCUT2D eigenvalue weighted by Gasteiger charge is -2.21. The Labute approximate surface area is 105 Å². The fraction of sp³-hybridized carbons (Fsp3) is 0.714. The van der Waals surface area contributed by atoms with Crippen LogP contribution in [0.3, 0.4) is 0 Å². The molecular formula is C14H26N2O. The average Bonchev–Trinajstić information content (AvgIpc) is 2.64. The van der Waals surface area contributed by atoms with E-state index in [4.69, 9.17) is 4.42 Å². The number of rotatable bonds is 7. The molecule has 0 aromatic carbocycles. The first-order valence-corrected chi connectivity index (χ1v) is 6.45. The Morgan fingerprint density at radius 2 is 2.06 bits per heavy atom. The second kappa shape index (κ2) is 6.82. The maximum atomic E-state index is 5.30. The quantitative estimate of drug-likeness (QED) is 0.791. The number of nitrogens with zero attached hydrogens (tertiary/aromatic N) is 1. The van der Waals surface area contributed by atoms with Crippen molar-refractivity contribution in [1.29, 1.82) is 0 Å². The zero-order valence-corrected chi connectivity index (χ0v) is 11.8. The molecule has 0 saturated heterocycles. The Hall–Kier alpha value is -0.800. The SMILES string of the molecule is Cc1occc1CN(C)CCNC(C)C(C)C. The highest BCUT2D eigenvalue weighted by Crippen LogP contribution is 2.10. The van der Waals surface area contributed by atoms with Gasteiger partial charge in [0.1, 0.15) is 5.76 Å². The lowest BCUT2D eigenvalue weighted by atomic mass is 10.1. The molecule has 1 unspecified atom stereocenters. The fourth-order valence-electron chi connectivity index (χ4n) is 1.66. The van der Waals surface area contributed by atoms with Crippen LogP contribution in [0.2, 0.25) is 0 Å². The van der Waals surface area contributed by atoms with E-state index in [1.807, 2.05) is 6.92 Å². The molecule has 1 N–H and O–H groups in total. The fourth-order valence-corrected chi connectivity index (χ4v) is 1.66. The zero-order chi connectivity index (χ0) is 12.8. The predicted molar refractivity (Wildman–Crippen MR) is 72.1 cm³/mol. The van der Waals surface area contributed by atoms with Crippen LogP contribution in [-0.2, 0) is 6.54 Å². The predicted octanol–water partition coefficient (Wildman–Crippen LogP) is 2.65. The molecule has 0 amide bonds. The van der Waals surface area contributed by atoms with Crippen molar-refractivity contribution >= 4 is 0 Å². The highest BCUT2D eigenvalue weighted by Gasteiger charge is 2.08. The molecular weight excluding hydrogens is 212 g/mol. The van der Waals surface area contributed by atoms with Gasteiger partial charge in [0.2, 0.25) is 0 Å². The highest BCUT2D eigenvalue weighted by molar-refractivity contribution is 5.14. The number of furan rings is 1. The summed E-state index contributed by atoms with van der Waals surface area (Å²) in [6.45, 7) is 11.8. The summed E-state index contributed by atoms with van der Waals surface area (Å²) in [5, 5.41) is 3.54. The first kappa shape index (κ1) is 14.3. The summed E-state index contributed by atoms with van der Waals surface area (Å²) in [5.41, 5.74) is 1.28. The highest BCUT2D eigenvalue weighted by atomic mass is 16.3. The second-order valence-corrected chi connectivity index (χ2v) is 5.23. The van der Waals surface area contributed by atoms with E-state index in [0.717, 1.165) is 25.4 Å². The molecule has 1 atom stereocenters. The molecule has 0 aliphatic carbocycles. The van der Waals surface area contributed by atoms with Gasteiger partial charge in [0.15, 0.2) is 0 Å². The van der Waals surface area contributed by atoms with Crippen molar-refractivity contribution in [3.63, 3.8) is 0 Å². The summed E-state index contributed by atoms with van der Waals surface area (Å²) in [6.07, 6.45) is 1.76. The van der Waals surface area contributed by atoms with Crippen LogP contribution in [0.15, 0.2) is 16.7 Å². The van der Waals surface area contributed by atoms with Crippen LogP contribution in [0.4, 0.5) is 0 Å². The molecule has 17 heavy (non-hydrogen) atoms. The first-order chi connectivity index (χ1) is 8.00. The van der Waals surface area contributed by atoms with Gasteiger partial charge in [-0.1, -0.05) is 13.8 Å². The monoisotopic (exact) mass is 238 g/mol. The number of hydrogen-bond acceptors (Lipinski definition) is 3. The molecule has 1 aromatic rings. The molecule has 0 spiro atoms. The molecule has 1 heterocycles. The maximum Gasteiger partial charge on any atom is 0.105 e. The smallest absolute Gasteiger partial charge is 0.105 e. The van der Waals surface area contributed by atoms with E-state index in [0.29, 0.717) is 12.0 Å². The Morgan fingerprint density at radius 1 is 1.35 bits per heavy atom. The van der Waals surface area contributed by atoms with Gasteiger partial charge in [-0.15, -0.1) is 0 Å². The third-order valence-electron chi connectivity index (χ3n) is 3.37. The van der Waals surface area contributed by atoms with Gasteiger partial charge < -0.3 is 14.6 Å². The summed E-state index contributed by atoms with van der Waals surface area (Å²) in [7, 11) is 2.15. The van der Waals surface area contributed by atoms with Crippen molar-refractivity contribution in [2.24, 2.45) is 5.92 Å². The van der Waals surface area contributed by atoms with E-state index in [1.54, 1.807) is 6.26 Å². The normalized spacial score (nSPS) is 13.6. The molecule has 98 valence electrons. The van der Waals surface area contributed by atoms with Gasteiger partial charge in [-0.3, -0.25) is 0 Å². The van der Waals surface area contributed by atoms with Gasteiger partial charge in [-0.05, 0) is 32.9 Å². The third-order valence-corrected chi connectivity index (χ3v) is 3.37. The molecule has 0 bridgehead atoms. The summed E-state index contributed by atoms with van der Waals surface area (Å²) in [5.74, 6) is 1.72. The number of likely N-dealkylation sites (N-methyl/N-ethyl adjacent to an activating group) is 1. The molecule has 0 saturated carbocycles. The minimum absolute atomic E-state index is 0.582. The Morgan fingerprint density at radius 3 is 2.59 bits per heavy atom. The van der Waals surface area contributed by atoms with E-state index >= 15 is 0 Å². The van der Waals surface area contributed by atoms with E-state index in [1.165, 1.54) is 5.56 Å². The summed E-state index contributed by atoms with van der Waals surface area (Å²) < 4.78 is 5.30. The first-order valence-electron chi connectivity index (χ1n) is 6.45. The summed E-state index contributed by atoms with van der Waals surface area (Å²) >= 11 is 0. The van der Waals surface area contributed by atoms with Crippen molar-refractivity contribution in [3.05, 3.63) is 23.7 Å². The van der Waals surface area contributed by atoms with Crippen molar-refractivity contribution < 1.29 is 4.42 Å². The van der Waals surface area contributed by atoms with Gasteiger partial charge in [-0.25, -0.2) is 0 Å². The third kappa shape index (κ3) is 4.92. The number of nitrogens with one attached hydrogen (secondary N) is 1. The molecule has 1 rings (SSSR count). The largest absolute Gasteiger partial charge is 0.469 e. The second-order valence-electron chi connectivity index (χ2n) is 5.23. The maximum absolute atomic E-state index is 5.30. The minimum Gasteiger partial charge on any atom is -0.469 e. The Kier molecular flexibility index (Phi) is 5.72. The van der Waals surface area contributed by atoms with Gasteiger partial charge >= 0.3 is 0 Å². The van der Waals surface area contributed by atoms with Crippen LogP contribution in [0.1, 0.15) is 32.1 Å². The van der Waals surface area contributed by atoms with Gasteiger partial charge in [0.25, 0.3) is 0 Å².